The molecule has 2 aliphatic rings. The molecule has 2 heterocycles. The van der Waals surface area contributed by atoms with Gasteiger partial charge in [0.15, 0.2) is 0 Å². The van der Waals surface area contributed by atoms with Crippen LogP contribution in [0.15, 0.2) is 17.2 Å². The highest BCUT2D eigenvalue weighted by molar-refractivity contribution is 7.90. The third-order valence-electron chi connectivity index (χ3n) is 4.98. The SMILES string of the molecule is C[C@@H](N[S+]([O-])C(C)(C)C)C1Cc2cc(F)cc(CC3C=NN[C@@H]3C(F)F)c2O1. The standard InChI is InChI=1S/C19H26F3N3O2S/c1-10(25-28(26)19(2,3)4)15-8-12-7-14(20)6-11(17(12)27-15)5-13-9-23-24-16(13)18(21)22/h6-7,9-10,13,15-16,18,24-25H,5,8H2,1-4H3/t10-,13?,15?,16+,28?/m1/s1. The normalized spacial score (nSPS) is 26.1. The second kappa shape index (κ2) is 8.12. The van der Waals surface area contributed by atoms with E-state index in [4.69, 9.17) is 4.74 Å². The van der Waals surface area contributed by atoms with E-state index in [9.17, 15) is 17.7 Å². The fourth-order valence-electron chi connectivity index (χ4n) is 3.37. The summed E-state index contributed by atoms with van der Waals surface area (Å²) < 4.78 is 61.5. The number of fused-ring (bicyclic) bond motifs is 1. The number of hydrogen-bond donors (Lipinski definition) is 2. The summed E-state index contributed by atoms with van der Waals surface area (Å²) in [7, 11) is 0. The molecule has 3 unspecified atom stereocenters. The maximum atomic E-state index is 14.1. The molecule has 156 valence electrons. The molecule has 0 radical (unpaired) electrons. The number of alkyl halides is 2. The number of nitrogens with zero attached hydrogens (tertiary/aromatic N) is 1. The molecule has 0 spiro atoms. The van der Waals surface area contributed by atoms with Gasteiger partial charge < -0.3 is 14.7 Å². The average molecular weight is 417 g/mol. The van der Waals surface area contributed by atoms with Crippen molar-refractivity contribution < 1.29 is 22.5 Å². The van der Waals surface area contributed by atoms with Crippen molar-refractivity contribution >= 4 is 17.6 Å². The smallest absolute Gasteiger partial charge is 0.260 e. The molecule has 0 bridgehead atoms. The first-order valence-corrected chi connectivity index (χ1v) is 10.4. The fraction of sp³-hybridized carbons (Fsp3) is 0.632. The lowest BCUT2D eigenvalue weighted by atomic mass is 9.92. The first-order chi connectivity index (χ1) is 13.1. The quantitative estimate of drug-likeness (QED) is 0.699. The number of ether oxygens (including phenoxy) is 1. The monoisotopic (exact) mass is 417 g/mol. The molecular weight excluding hydrogens is 391 g/mol. The van der Waals surface area contributed by atoms with Gasteiger partial charge in [0.1, 0.15) is 28.5 Å². The molecule has 2 aliphatic heterocycles. The molecule has 0 saturated carbocycles. The zero-order valence-electron chi connectivity index (χ0n) is 16.3. The van der Waals surface area contributed by atoms with Gasteiger partial charge in [0.25, 0.3) is 6.43 Å². The molecule has 3 rings (SSSR count). The van der Waals surface area contributed by atoms with Gasteiger partial charge in [-0.25, -0.2) is 13.2 Å². The number of benzene rings is 1. The van der Waals surface area contributed by atoms with Crippen molar-refractivity contribution in [2.75, 3.05) is 0 Å². The molecule has 5 nitrogen and oxygen atoms in total. The van der Waals surface area contributed by atoms with Gasteiger partial charge in [-0.3, -0.25) is 0 Å². The summed E-state index contributed by atoms with van der Waals surface area (Å²) in [6, 6.07) is 1.43. The highest BCUT2D eigenvalue weighted by Crippen LogP contribution is 2.37. The number of halogens is 3. The third-order valence-corrected chi connectivity index (χ3v) is 6.68. The molecule has 0 amide bonds. The largest absolute Gasteiger partial charge is 0.598 e. The van der Waals surface area contributed by atoms with E-state index in [-0.39, 0.29) is 18.6 Å². The molecule has 1 aromatic carbocycles. The Bertz CT molecular complexity index is 742. The number of rotatable bonds is 6. The third kappa shape index (κ3) is 4.58. The van der Waals surface area contributed by atoms with Crippen molar-refractivity contribution in [3.8, 4) is 5.75 Å². The van der Waals surface area contributed by atoms with E-state index >= 15 is 0 Å². The molecule has 0 aromatic heterocycles. The molecular formula is C19H26F3N3O2S. The van der Waals surface area contributed by atoms with Crippen LogP contribution in [-0.4, -0.2) is 40.1 Å². The zero-order valence-corrected chi connectivity index (χ0v) is 17.2. The minimum atomic E-state index is -2.57. The minimum absolute atomic E-state index is 0.202. The zero-order chi connectivity index (χ0) is 20.6. The Morgan fingerprint density at radius 3 is 2.75 bits per heavy atom. The number of hydrogen-bond acceptors (Lipinski definition) is 5. The number of hydrazone groups is 1. The predicted octanol–water partition coefficient (Wildman–Crippen LogP) is 2.95. The van der Waals surface area contributed by atoms with E-state index < -0.39 is 40.3 Å². The van der Waals surface area contributed by atoms with Crippen LogP contribution in [0.2, 0.25) is 0 Å². The van der Waals surface area contributed by atoms with Crippen LogP contribution >= 0.6 is 0 Å². The van der Waals surface area contributed by atoms with E-state index in [0.29, 0.717) is 23.3 Å². The molecule has 5 atom stereocenters. The second-order valence-corrected chi connectivity index (χ2v) is 10.3. The Morgan fingerprint density at radius 2 is 2.11 bits per heavy atom. The van der Waals surface area contributed by atoms with Crippen molar-refractivity contribution in [3.05, 3.63) is 29.1 Å². The van der Waals surface area contributed by atoms with E-state index in [1.54, 1.807) is 0 Å². The first-order valence-electron chi connectivity index (χ1n) is 9.29. The molecule has 28 heavy (non-hydrogen) atoms. The van der Waals surface area contributed by atoms with Gasteiger partial charge in [-0.1, -0.05) is 0 Å². The van der Waals surface area contributed by atoms with E-state index in [1.807, 2.05) is 27.7 Å². The first kappa shape index (κ1) is 21.3. The van der Waals surface area contributed by atoms with Gasteiger partial charge in [0, 0.05) is 35.5 Å². The lowest BCUT2D eigenvalue weighted by molar-refractivity contribution is 0.0896. The summed E-state index contributed by atoms with van der Waals surface area (Å²) in [6.07, 6.45) is -0.779. The maximum Gasteiger partial charge on any atom is 0.260 e. The predicted molar refractivity (Wildman–Crippen MR) is 104 cm³/mol. The van der Waals surface area contributed by atoms with Crippen molar-refractivity contribution in [1.82, 2.24) is 10.1 Å². The fourth-order valence-corrected chi connectivity index (χ4v) is 4.21. The average Bonchev–Trinajstić information content (AvgIpc) is 3.20. The molecule has 9 heteroatoms. The molecule has 0 aliphatic carbocycles. The van der Waals surface area contributed by atoms with Crippen LogP contribution in [0.25, 0.3) is 0 Å². The summed E-state index contributed by atoms with van der Waals surface area (Å²) in [5.41, 5.74) is 3.66. The van der Waals surface area contributed by atoms with Crippen LogP contribution in [0.4, 0.5) is 13.2 Å². The van der Waals surface area contributed by atoms with E-state index in [2.05, 4.69) is 15.2 Å². The van der Waals surface area contributed by atoms with Gasteiger partial charge >= 0.3 is 0 Å². The van der Waals surface area contributed by atoms with Gasteiger partial charge in [-0.2, -0.15) is 5.10 Å². The van der Waals surface area contributed by atoms with Crippen LogP contribution < -0.4 is 14.9 Å². The number of nitrogens with one attached hydrogen (secondary N) is 2. The van der Waals surface area contributed by atoms with Gasteiger partial charge in [0.2, 0.25) is 0 Å². The topological polar surface area (TPSA) is 68.7 Å². The van der Waals surface area contributed by atoms with E-state index in [1.165, 1.54) is 18.3 Å². The van der Waals surface area contributed by atoms with Crippen LogP contribution in [0, 0.1) is 11.7 Å². The molecule has 0 fully saturated rings. The van der Waals surface area contributed by atoms with Gasteiger partial charge in [-0.15, -0.1) is 4.72 Å². The molecule has 2 N–H and O–H groups in total. The van der Waals surface area contributed by atoms with Crippen LogP contribution in [0.3, 0.4) is 0 Å². The highest BCUT2D eigenvalue weighted by atomic mass is 32.2. The summed E-state index contributed by atoms with van der Waals surface area (Å²) >= 11 is -1.27. The Morgan fingerprint density at radius 1 is 1.39 bits per heavy atom. The Labute approximate surface area is 166 Å². The van der Waals surface area contributed by atoms with Gasteiger partial charge in [-0.05, 0) is 51.8 Å². The lowest BCUT2D eigenvalue weighted by Gasteiger charge is -2.28. The van der Waals surface area contributed by atoms with Crippen molar-refractivity contribution in [2.45, 2.75) is 69.9 Å². The summed E-state index contributed by atoms with van der Waals surface area (Å²) in [5, 5.41) is 3.75. The maximum absolute atomic E-state index is 14.1. The summed E-state index contributed by atoms with van der Waals surface area (Å²) in [4.78, 5) is 0. The van der Waals surface area contributed by atoms with Crippen molar-refractivity contribution in [3.63, 3.8) is 0 Å². The lowest BCUT2D eigenvalue weighted by Crippen LogP contribution is -2.49. The Hall–Kier alpha value is -1.45. The molecule has 0 saturated heterocycles. The van der Waals surface area contributed by atoms with Crippen molar-refractivity contribution in [2.24, 2.45) is 11.0 Å². The Kier molecular flexibility index (Phi) is 6.17. The Balaban J connectivity index is 1.74. The highest BCUT2D eigenvalue weighted by Gasteiger charge is 2.37. The summed E-state index contributed by atoms with van der Waals surface area (Å²) in [5.74, 6) is -0.430. The van der Waals surface area contributed by atoms with Crippen LogP contribution in [0.1, 0.15) is 38.8 Å². The van der Waals surface area contributed by atoms with Gasteiger partial charge in [0.05, 0.1) is 6.04 Å². The molecule has 1 aromatic rings. The summed E-state index contributed by atoms with van der Waals surface area (Å²) in [6.45, 7) is 7.49. The minimum Gasteiger partial charge on any atom is -0.598 e. The van der Waals surface area contributed by atoms with Crippen molar-refractivity contribution in [1.29, 1.82) is 0 Å². The van der Waals surface area contributed by atoms with Crippen LogP contribution in [0.5, 0.6) is 5.75 Å². The van der Waals surface area contributed by atoms with E-state index in [0.717, 1.165) is 0 Å². The second-order valence-electron chi connectivity index (χ2n) is 8.34. The van der Waals surface area contributed by atoms with Crippen LogP contribution in [-0.2, 0) is 24.2 Å².